The van der Waals surface area contributed by atoms with Crippen LogP contribution >= 0.6 is 0 Å². The number of carbonyl (C=O) groups excluding carboxylic acids is 1. The zero-order valence-electron chi connectivity index (χ0n) is 8.83. The van der Waals surface area contributed by atoms with E-state index in [4.69, 9.17) is 4.74 Å². The lowest BCUT2D eigenvalue weighted by atomic mass is 10.2. The van der Waals surface area contributed by atoms with Gasteiger partial charge in [0.05, 0.1) is 0 Å². The van der Waals surface area contributed by atoms with Crippen molar-refractivity contribution >= 4 is 5.97 Å². The van der Waals surface area contributed by atoms with Crippen molar-refractivity contribution in [2.24, 2.45) is 0 Å². The van der Waals surface area contributed by atoms with Gasteiger partial charge in [-0.1, -0.05) is 19.2 Å². The van der Waals surface area contributed by atoms with Crippen LogP contribution in [0.3, 0.4) is 0 Å². The number of carbonyl (C=O) groups is 1. The Morgan fingerprint density at radius 3 is 2.29 bits per heavy atom. The molecule has 0 aliphatic rings. The molecule has 0 aromatic rings. The van der Waals surface area contributed by atoms with Crippen molar-refractivity contribution in [1.82, 2.24) is 0 Å². The van der Waals surface area contributed by atoms with Crippen LogP contribution in [0.1, 0.15) is 20.8 Å². The van der Waals surface area contributed by atoms with E-state index in [0.29, 0.717) is 11.1 Å². The molecule has 3 heteroatoms. The summed E-state index contributed by atoms with van der Waals surface area (Å²) in [5.74, 6) is -0.324. The molecule has 0 fully saturated rings. The van der Waals surface area contributed by atoms with Crippen LogP contribution in [0.4, 0.5) is 0 Å². The maximum Gasteiger partial charge on any atom is 0.338 e. The van der Waals surface area contributed by atoms with E-state index in [1.54, 1.807) is 13.8 Å². The SMILES string of the molecule is C=C/C(C)=C(/OC(=O)C(=C)C)C(C)O. The highest BCUT2D eigenvalue weighted by molar-refractivity contribution is 5.87. The highest BCUT2D eigenvalue weighted by Gasteiger charge is 2.14. The van der Waals surface area contributed by atoms with E-state index in [9.17, 15) is 9.90 Å². The lowest BCUT2D eigenvalue weighted by Gasteiger charge is -2.13. The van der Waals surface area contributed by atoms with Gasteiger partial charge in [-0.15, -0.1) is 0 Å². The number of esters is 1. The van der Waals surface area contributed by atoms with Crippen molar-refractivity contribution in [3.8, 4) is 0 Å². The normalized spacial score (nSPS) is 14.0. The van der Waals surface area contributed by atoms with Gasteiger partial charge in [0.1, 0.15) is 11.9 Å². The van der Waals surface area contributed by atoms with Gasteiger partial charge in [-0.3, -0.25) is 0 Å². The molecule has 1 atom stereocenters. The van der Waals surface area contributed by atoms with Crippen molar-refractivity contribution in [3.63, 3.8) is 0 Å². The van der Waals surface area contributed by atoms with Gasteiger partial charge in [0.15, 0.2) is 0 Å². The Morgan fingerprint density at radius 1 is 1.50 bits per heavy atom. The minimum absolute atomic E-state index is 0.216. The Labute approximate surface area is 84.4 Å². The fourth-order valence-corrected chi connectivity index (χ4v) is 0.783. The largest absolute Gasteiger partial charge is 0.425 e. The van der Waals surface area contributed by atoms with Crippen LogP contribution in [-0.4, -0.2) is 17.2 Å². The molecule has 0 amide bonds. The van der Waals surface area contributed by atoms with Crippen molar-refractivity contribution in [2.75, 3.05) is 0 Å². The molecule has 3 nitrogen and oxygen atoms in total. The second kappa shape index (κ2) is 5.40. The Bertz CT molecular complexity index is 285. The number of hydrogen-bond acceptors (Lipinski definition) is 3. The molecule has 14 heavy (non-hydrogen) atoms. The molecule has 0 saturated carbocycles. The van der Waals surface area contributed by atoms with Gasteiger partial charge in [0.2, 0.25) is 0 Å². The van der Waals surface area contributed by atoms with Crippen molar-refractivity contribution in [3.05, 3.63) is 36.1 Å². The van der Waals surface area contributed by atoms with E-state index in [-0.39, 0.29) is 5.76 Å². The molecule has 0 saturated heterocycles. The average molecular weight is 196 g/mol. The van der Waals surface area contributed by atoms with Gasteiger partial charge in [-0.25, -0.2) is 4.79 Å². The number of rotatable bonds is 4. The van der Waals surface area contributed by atoms with Crippen molar-refractivity contribution in [2.45, 2.75) is 26.9 Å². The van der Waals surface area contributed by atoms with E-state index in [1.807, 2.05) is 0 Å². The molecular formula is C11H16O3. The summed E-state index contributed by atoms with van der Waals surface area (Å²) in [6, 6.07) is 0. The molecular weight excluding hydrogens is 180 g/mol. The molecule has 0 bridgehead atoms. The molecule has 0 aliphatic carbocycles. The number of allylic oxidation sites excluding steroid dienone is 2. The predicted molar refractivity (Wildman–Crippen MR) is 55.5 cm³/mol. The number of ether oxygens (including phenoxy) is 1. The van der Waals surface area contributed by atoms with Crippen molar-refractivity contribution < 1.29 is 14.6 Å². The second-order valence-electron chi connectivity index (χ2n) is 3.10. The zero-order chi connectivity index (χ0) is 11.3. The predicted octanol–water partition coefficient (Wildman–Crippen LogP) is 1.95. The monoisotopic (exact) mass is 196 g/mol. The molecule has 1 N–H and O–H groups in total. The van der Waals surface area contributed by atoms with E-state index in [0.717, 1.165) is 0 Å². The maximum absolute atomic E-state index is 11.2. The van der Waals surface area contributed by atoms with Crippen LogP contribution in [0.15, 0.2) is 36.1 Å². The molecule has 0 aliphatic heterocycles. The first-order valence-electron chi connectivity index (χ1n) is 4.29. The first-order valence-corrected chi connectivity index (χ1v) is 4.29. The summed E-state index contributed by atoms with van der Waals surface area (Å²) in [5, 5.41) is 9.33. The van der Waals surface area contributed by atoms with Crippen LogP contribution in [0, 0.1) is 0 Å². The fourth-order valence-electron chi connectivity index (χ4n) is 0.783. The lowest BCUT2D eigenvalue weighted by molar-refractivity contribution is -0.136. The zero-order valence-corrected chi connectivity index (χ0v) is 8.83. The number of hydrogen-bond donors (Lipinski definition) is 1. The number of aliphatic hydroxyl groups is 1. The average Bonchev–Trinajstić information content (AvgIpc) is 2.11. The first-order chi connectivity index (χ1) is 6.40. The van der Waals surface area contributed by atoms with Gasteiger partial charge in [0.25, 0.3) is 0 Å². The summed E-state index contributed by atoms with van der Waals surface area (Å²) in [6.07, 6.45) is 0.685. The van der Waals surface area contributed by atoms with E-state index >= 15 is 0 Å². The summed E-state index contributed by atoms with van der Waals surface area (Å²) < 4.78 is 4.95. The third-order valence-corrected chi connectivity index (χ3v) is 1.63. The van der Waals surface area contributed by atoms with Crippen LogP contribution in [-0.2, 0) is 9.53 Å². The van der Waals surface area contributed by atoms with Crippen molar-refractivity contribution in [1.29, 1.82) is 0 Å². The van der Waals surface area contributed by atoms with E-state index in [1.165, 1.54) is 13.0 Å². The van der Waals surface area contributed by atoms with Crippen LogP contribution in [0.25, 0.3) is 0 Å². The summed E-state index contributed by atoms with van der Waals surface area (Å²) in [6.45, 7) is 11.8. The molecule has 0 rings (SSSR count). The second-order valence-corrected chi connectivity index (χ2v) is 3.10. The summed E-state index contributed by atoms with van der Waals surface area (Å²) >= 11 is 0. The number of aliphatic hydroxyl groups excluding tert-OH is 1. The third kappa shape index (κ3) is 3.58. The summed E-state index contributed by atoms with van der Waals surface area (Å²) in [7, 11) is 0. The Balaban J connectivity index is 4.81. The Hall–Kier alpha value is -1.35. The minimum Gasteiger partial charge on any atom is -0.425 e. The molecule has 0 radical (unpaired) electrons. The van der Waals surface area contributed by atoms with Gasteiger partial charge in [-0.2, -0.15) is 0 Å². The first kappa shape index (κ1) is 12.7. The molecule has 0 heterocycles. The van der Waals surface area contributed by atoms with Crippen LogP contribution in [0.5, 0.6) is 0 Å². The topological polar surface area (TPSA) is 46.5 Å². The van der Waals surface area contributed by atoms with Gasteiger partial charge in [-0.05, 0) is 26.3 Å². The summed E-state index contributed by atoms with van der Waals surface area (Å²) in [4.78, 5) is 11.2. The smallest absolute Gasteiger partial charge is 0.338 e. The quantitative estimate of drug-likeness (QED) is 0.323. The molecule has 0 aromatic carbocycles. The summed E-state index contributed by atoms with van der Waals surface area (Å²) in [5.41, 5.74) is 0.926. The third-order valence-electron chi connectivity index (χ3n) is 1.63. The molecule has 1 unspecified atom stereocenters. The van der Waals surface area contributed by atoms with Crippen LogP contribution < -0.4 is 0 Å². The lowest BCUT2D eigenvalue weighted by Crippen LogP contribution is -2.15. The van der Waals surface area contributed by atoms with Crippen LogP contribution in [0.2, 0.25) is 0 Å². The Kier molecular flexibility index (Phi) is 4.87. The van der Waals surface area contributed by atoms with Gasteiger partial charge in [0, 0.05) is 5.57 Å². The molecule has 0 spiro atoms. The van der Waals surface area contributed by atoms with E-state index < -0.39 is 12.1 Å². The molecule has 78 valence electrons. The van der Waals surface area contributed by atoms with E-state index in [2.05, 4.69) is 13.2 Å². The fraction of sp³-hybridized carbons (Fsp3) is 0.364. The molecule has 0 aromatic heterocycles. The Morgan fingerprint density at radius 2 is 2.00 bits per heavy atom. The standard InChI is InChI=1S/C11H16O3/c1-6-8(4)10(9(5)12)14-11(13)7(2)3/h6,9,12H,1-2H2,3-5H3/b10-8+. The van der Waals surface area contributed by atoms with Gasteiger partial charge >= 0.3 is 5.97 Å². The maximum atomic E-state index is 11.2. The highest BCUT2D eigenvalue weighted by Crippen LogP contribution is 2.13. The van der Waals surface area contributed by atoms with Gasteiger partial charge < -0.3 is 9.84 Å². The highest BCUT2D eigenvalue weighted by atomic mass is 16.5. The minimum atomic E-state index is -0.837.